The lowest BCUT2D eigenvalue weighted by Gasteiger charge is -2.28. The summed E-state index contributed by atoms with van der Waals surface area (Å²) in [4.78, 5) is 17.6. The lowest BCUT2D eigenvalue weighted by atomic mass is 10.2. The zero-order chi connectivity index (χ0) is 11.1. The zero-order valence-electron chi connectivity index (χ0n) is 8.64. The molecule has 82 valence electrons. The molecule has 0 aliphatic carbocycles. The monoisotopic (exact) mass is 217 g/mol. The van der Waals surface area contributed by atoms with Gasteiger partial charge in [-0.2, -0.15) is 4.98 Å². The SMILES string of the molecule is NC(=O)c1cccc2oc(N3CCC3)nc12. The van der Waals surface area contributed by atoms with E-state index in [1.807, 2.05) is 4.90 Å². The molecule has 5 heteroatoms. The van der Waals surface area contributed by atoms with Crippen molar-refractivity contribution in [1.29, 1.82) is 0 Å². The average Bonchev–Trinajstić information content (AvgIpc) is 2.56. The molecule has 0 saturated carbocycles. The van der Waals surface area contributed by atoms with Crippen LogP contribution in [0.5, 0.6) is 0 Å². The van der Waals surface area contributed by atoms with Gasteiger partial charge in [-0.25, -0.2) is 0 Å². The van der Waals surface area contributed by atoms with E-state index < -0.39 is 5.91 Å². The number of carbonyl (C=O) groups is 1. The molecule has 1 aromatic carbocycles. The van der Waals surface area contributed by atoms with Crippen LogP contribution in [0.4, 0.5) is 6.01 Å². The normalized spacial score (nSPS) is 15.1. The topological polar surface area (TPSA) is 72.4 Å². The number of primary amides is 1. The Labute approximate surface area is 91.8 Å². The first-order valence-electron chi connectivity index (χ1n) is 5.20. The summed E-state index contributed by atoms with van der Waals surface area (Å²) in [6.07, 6.45) is 1.15. The van der Waals surface area contributed by atoms with Crippen LogP contribution < -0.4 is 10.6 Å². The molecule has 0 bridgehead atoms. The molecule has 1 amide bonds. The van der Waals surface area contributed by atoms with Gasteiger partial charge < -0.3 is 15.1 Å². The van der Waals surface area contributed by atoms with E-state index in [0.717, 1.165) is 19.5 Å². The highest BCUT2D eigenvalue weighted by molar-refractivity contribution is 6.03. The average molecular weight is 217 g/mol. The fourth-order valence-electron chi connectivity index (χ4n) is 1.78. The molecular formula is C11H11N3O2. The molecule has 1 aliphatic rings. The Balaban J connectivity index is 2.15. The Morgan fingerprint density at radius 3 is 2.88 bits per heavy atom. The van der Waals surface area contributed by atoms with Gasteiger partial charge in [0.25, 0.3) is 11.9 Å². The predicted molar refractivity (Wildman–Crippen MR) is 59.4 cm³/mol. The Bertz CT molecular complexity index is 557. The van der Waals surface area contributed by atoms with Crippen molar-refractivity contribution >= 4 is 23.0 Å². The third-order valence-electron chi connectivity index (χ3n) is 2.80. The van der Waals surface area contributed by atoms with Gasteiger partial charge in [0.1, 0.15) is 5.52 Å². The van der Waals surface area contributed by atoms with Gasteiger partial charge in [-0.15, -0.1) is 0 Å². The first-order valence-corrected chi connectivity index (χ1v) is 5.20. The van der Waals surface area contributed by atoms with Gasteiger partial charge in [0.2, 0.25) is 0 Å². The Morgan fingerprint density at radius 2 is 2.25 bits per heavy atom. The fraction of sp³-hybridized carbons (Fsp3) is 0.273. The number of nitrogens with zero attached hydrogens (tertiary/aromatic N) is 2. The van der Waals surface area contributed by atoms with Gasteiger partial charge >= 0.3 is 0 Å². The van der Waals surface area contributed by atoms with E-state index in [1.54, 1.807) is 18.2 Å². The minimum absolute atomic E-state index is 0.410. The first-order chi connectivity index (χ1) is 7.75. The predicted octanol–water partition coefficient (Wildman–Crippen LogP) is 1.14. The van der Waals surface area contributed by atoms with Crippen molar-refractivity contribution in [3.63, 3.8) is 0 Å². The Morgan fingerprint density at radius 1 is 1.44 bits per heavy atom. The highest BCUT2D eigenvalue weighted by atomic mass is 16.4. The van der Waals surface area contributed by atoms with E-state index in [1.165, 1.54) is 0 Å². The molecule has 0 atom stereocenters. The Hall–Kier alpha value is -2.04. The van der Waals surface area contributed by atoms with E-state index in [9.17, 15) is 4.79 Å². The molecule has 1 fully saturated rings. The van der Waals surface area contributed by atoms with Gasteiger partial charge in [-0.3, -0.25) is 4.79 Å². The van der Waals surface area contributed by atoms with Crippen molar-refractivity contribution in [2.24, 2.45) is 5.73 Å². The number of anilines is 1. The van der Waals surface area contributed by atoms with Crippen LogP contribution in [0.15, 0.2) is 22.6 Å². The maximum atomic E-state index is 11.2. The summed E-state index contributed by atoms with van der Waals surface area (Å²) < 4.78 is 5.57. The summed E-state index contributed by atoms with van der Waals surface area (Å²) in [5, 5.41) is 0. The van der Waals surface area contributed by atoms with Crippen LogP contribution in [0.3, 0.4) is 0 Å². The largest absolute Gasteiger partial charge is 0.423 e. The zero-order valence-corrected chi connectivity index (χ0v) is 8.64. The summed E-state index contributed by atoms with van der Waals surface area (Å²) in [5.74, 6) is -0.478. The van der Waals surface area contributed by atoms with E-state index in [-0.39, 0.29) is 0 Å². The summed E-state index contributed by atoms with van der Waals surface area (Å²) in [7, 11) is 0. The van der Waals surface area contributed by atoms with Crippen molar-refractivity contribution in [2.45, 2.75) is 6.42 Å². The lowest BCUT2D eigenvalue weighted by molar-refractivity contribution is 0.100. The molecule has 1 aliphatic heterocycles. The minimum atomic E-state index is -0.478. The fourth-order valence-corrected chi connectivity index (χ4v) is 1.78. The summed E-state index contributed by atoms with van der Waals surface area (Å²) in [6, 6.07) is 5.77. The second-order valence-electron chi connectivity index (χ2n) is 3.85. The number of carbonyl (C=O) groups excluding carboxylic acids is 1. The molecule has 1 aromatic heterocycles. The number of hydrogen-bond donors (Lipinski definition) is 1. The summed E-state index contributed by atoms with van der Waals surface area (Å²) >= 11 is 0. The van der Waals surface area contributed by atoms with E-state index in [4.69, 9.17) is 10.2 Å². The van der Waals surface area contributed by atoms with Gasteiger partial charge in [0, 0.05) is 13.1 Å². The molecule has 2 aromatic rings. The highest BCUT2D eigenvalue weighted by Crippen LogP contribution is 2.26. The van der Waals surface area contributed by atoms with Gasteiger partial charge in [-0.1, -0.05) is 6.07 Å². The van der Waals surface area contributed by atoms with E-state index in [0.29, 0.717) is 22.7 Å². The quantitative estimate of drug-likeness (QED) is 0.818. The molecule has 1 saturated heterocycles. The number of oxazole rings is 1. The van der Waals surface area contributed by atoms with Crippen LogP contribution in [0, 0.1) is 0 Å². The summed E-state index contributed by atoms with van der Waals surface area (Å²) in [6.45, 7) is 1.91. The number of hydrogen-bond acceptors (Lipinski definition) is 4. The van der Waals surface area contributed by atoms with Crippen LogP contribution in [0.25, 0.3) is 11.1 Å². The smallest absolute Gasteiger partial charge is 0.298 e. The second-order valence-corrected chi connectivity index (χ2v) is 3.85. The number of para-hydroxylation sites is 1. The van der Waals surface area contributed by atoms with Crippen molar-refractivity contribution in [1.82, 2.24) is 4.98 Å². The standard InChI is InChI=1S/C11H11N3O2/c12-10(15)7-3-1-4-8-9(7)13-11(16-8)14-5-2-6-14/h1,3-4H,2,5-6H2,(H2,12,15). The van der Waals surface area contributed by atoms with Crippen LogP contribution in [-0.4, -0.2) is 24.0 Å². The third kappa shape index (κ3) is 1.25. The molecular weight excluding hydrogens is 206 g/mol. The summed E-state index contributed by atoms with van der Waals surface area (Å²) in [5.41, 5.74) is 6.85. The number of amides is 1. The van der Waals surface area contributed by atoms with Crippen molar-refractivity contribution in [2.75, 3.05) is 18.0 Å². The number of benzene rings is 1. The van der Waals surface area contributed by atoms with E-state index >= 15 is 0 Å². The van der Waals surface area contributed by atoms with Crippen LogP contribution in [0.1, 0.15) is 16.8 Å². The van der Waals surface area contributed by atoms with Crippen LogP contribution in [-0.2, 0) is 0 Å². The van der Waals surface area contributed by atoms with Crippen molar-refractivity contribution < 1.29 is 9.21 Å². The van der Waals surface area contributed by atoms with Crippen molar-refractivity contribution in [3.8, 4) is 0 Å². The molecule has 2 N–H and O–H groups in total. The van der Waals surface area contributed by atoms with Gasteiger partial charge in [0.05, 0.1) is 5.56 Å². The van der Waals surface area contributed by atoms with Crippen LogP contribution >= 0.6 is 0 Å². The molecule has 5 nitrogen and oxygen atoms in total. The van der Waals surface area contributed by atoms with Crippen LogP contribution in [0.2, 0.25) is 0 Å². The molecule has 3 rings (SSSR count). The van der Waals surface area contributed by atoms with Gasteiger partial charge in [0.15, 0.2) is 5.58 Å². The van der Waals surface area contributed by atoms with Gasteiger partial charge in [-0.05, 0) is 18.6 Å². The molecule has 2 heterocycles. The minimum Gasteiger partial charge on any atom is -0.423 e. The number of rotatable bonds is 2. The maximum Gasteiger partial charge on any atom is 0.298 e. The molecule has 0 radical (unpaired) electrons. The molecule has 0 spiro atoms. The van der Waals surface area contributed by atoms with Crippen molar-refractivity contribution in [3.05, 3.63) is 23.8 Å². The number of fused-ring (bicyclic) bond motifs is 1. The second kappa shape index (κ2) is 3.23. The number of nitrogens with two attached hydrogens (primary N) is 1. The molecule has 16 heavy (non-hydrogen) atoms. The van der Waals surface area contributed by atoms with E-state index in [2.05, 4.69) is 4.98 Å². The first kappa shape index (κ1) is 9.21. The highest BCUT2D eigenvalue weighted by Gasteiger charge is 2.21. The Kier molecular flexibility index (Phi) is 1.86. The maximum absolute atomic E-state index is 11.2. The third-order valence-corrected chi connectivity index (χ3v) is 2.80. The molecule has 0 unspecified atom stereocenters. The number of aromatic nitrogens is 1. The lowest BCUT2D eigenvalue weighted by Crippen LogP contribution is -2.37.